The number of anilines is 1. The van der Waals surface area contributed by atoms with Crippen LogP contribution in [0.5, 0.6) is 0 Å². The molecule has 0 fully saturated rings. The van der Waals surface area contributed by atoms with Crippen molar-refractivity contribution in [1.29, 1.82) is 0 Å². The van der Waals surface area contributed by atoms with Crippen molar-refractivity contribution in [2.24, 2.45) is 0 Å². The molecule has 0 saturated carbocycles. The summed E-state index contributed by atoms with van der Waals surface area (Å²) in [6.45, 7) is 1.72. The molecule has 0 aliphatic carbocycles. The van der Waals surface area contributed by atoms with Crippen LogP contribution < -0.4 is 5.32 Å². The molecule has 2 unspecified atom stereocenters. The van der Waals surface area contributed by atoms with E-state index in [1.54, 1.807) is 6.92 Å². The van der Waals surface area contributed by atoms with Crippen LogP contribution in [0.1, 0.15) is 18.6 Å². The van der Waals surface area contributed by atoms with Gasteiger partial charge in [0, 0.05) is 17.9 Å². The van der Waals surface area contributed by atoms with Crippen LogP contribution in [0.2, 0.25) is 5.02 Å². The fourth-order valence-corrected chi connectivity index (χ4v) is 3.13. The molecule has 0 radical (unpaired) electrons. The molecular weight excluding hydrogens is 364 g/mol. The van der Waals surface area contributed by atoms with Gasteiger partial charge in [0.15, 0.2) is 0 Å². The summed E-state index contributed by atoms with van der Waals surface area (Å²) in [5, 5.41) is 23.1. The minimum atomic E-state index is -0.663. The Hall–Kier alpha value is -2.09. The van der Waals surface area contributed by atoms with Gasteiger partial charge in [0.2, 0.25) is 5.91 Å². The maximum atomic E-state index is 12.2. The standard InChI is InChI=1S/C17H17ClN2O4S/c1-11(25-10-16(21)12-5-3-2-4-6-12)17(22)19-15-8-7-13(20(23)24)9-14(15)18/h2-9,11,16,21H,10H2,1H3,(H,19,22). The molecule has 2 aromatic rings. The Bertz CT molecular complexity index is 758. The van der Waals surface area contributed by atoms with Crippen molar-refractivity contribution in [1.82, 2.24) is 0 Å². The highest BCUT2D eigenvalue weighted by molar-refractivity contribution is 8.00. The van der Waals surface area contributed by atoms with Gasteiger partial charge in [-0.25, -0.2) is 0 Å². The number of non-ortho nitro benzene ring substituents is 1. The Labute approximate surface area is 154 Å². The van der Waals surface area contributed by atoms with E-state index in [9.17, 15) is 20.0 Å². The van der Waals surface area contributed by atoms with Crippen molar-refractivity contribution in [3.05, 3.63) is 69.2 Å². The highest BCUT2D eigenvalue weighted by Crippen LogP contribution is 2.28. The zero-order chi connectivity index (χ0) is 18.4. The Balaban J connectivity index is 1.91. The number of hydrogen-bond donors (Lipinski definition) is 2. The monoisotopic (exact) mass is 380 g/mol. The number of nitro benzene ring substituents is 1. The molecule has 2 rings (SSSR count). The first-order chi connectivity index (χ1) is 11.9. The highest BCUT2D eigenvalue weighted by Gasteiger charge is 2.18. The SMILES string of the molecule is CC(SCC(O)c1ccccc1)C(=O)Nc1ccc([N+](=O)[O-])cc1Cl. The molecule has 132 valence electrons. The maximum Gasteiger partial charge on any atom is 0.271 e. The van der Waals surface area contributed by atoms with Gasteiger partial charge in [0.05, 0.1) is 27.0 Å². The number of rotatable bonds is 7. The van der Waals surface area contributed by atoms with Crippen molar-refractivity contribution in [3.8, 4) is 0 Å². The molecule has 0 heterocycles. The van der Waals surface area contributed by atoms with Crippen LogP contribution in [0.3, 0.4) is 0 Å². The lowest BCUT2D eigenvalue weighted by Crippen LogP contribution is -2.23. The third-order valence-electron chi connectivity index (χ3n) is 3.48. The summed E-state index contributed by atoms with van der Waals surface area (Å²) in [6.07, 6.45) is -0.663. The van der Waals surface area contributed by atoms with Crippen molar-refractivity contribution in [3.63, 3.8) is 0 Å². The number of amides is 1. The van der Waals surface area contributed by atoms with Gasteiger partial charge in [-0.15, -0.1) is 11.8 Å². The smallest absolute Gasteiger partial charge is 0.271 e. The second-order valence-corrected chi connectivity index (χ2v) is 7.09. The van der Waals surface area contributed by atoms with Gasteiger partial charge in [-0.1, -0.05) is 41.9 Å². The Morgan fingerprint density at radius 3 is 2.60 bits per heavy atom. The van der Waals surface area contributed by atoms with Gasteiger partial charge in [0.25, 0.3) is 5.69 Å². The average Bonchev–Trinajstić information content (AvgIpc) is 2.61. The Morgan fingerprint density at radius 2 is 2.00 bits per heavy atom. The topological polar surface area (TPSA) is 92.5 Å². The number of aliphatic hydroxyl groups excluding tert-OH is 1. The van der Waals surface area contributed by atoms with Crippen LogP contribution in [-0.4, -0.2) is 26.9 Å². The molecule has 0 saturated heterocycles. The van der Waals surface area contributed by atoms with Crippen LogP contribution >= 0.6 is 23.4 Å². The van der Waals surface area contributed by atoms with E-state index >= 15 is 0 Å². The number of nitro groups is 1. The molecular formula is C17H17ClN2O4S. The fraction of sp³-hybridized carbons (Fsp3) is 0.235. The third kappa shape index (κ3) is 5.45. The largest absolute Gasteiger partial charge is 0.388 e. The van der Waals surface area contributed by atoms with Crippen LogP contribution in [0.25, 0.3) is 0 Å². The Morgan fingerprint density at radius 1 is 1.32 bits per heavy atom. The van der Waals surface area contributed by atoms with Crippen LogP contribution in [0, 0.1) is 10.1 Å². The van der Waals surface area contributed by atoms with Crippen LogP contribution in [0.15, 0.2) is 48.5 Å². The minimum absolute atomic E-state index is 0.101. The zero-order valence-electron chi connectivity index (χ0n) is 13.4. The molecule has 6 nitrogen and oxygen atoms in total. The summed E-state index contributed by atoms with van der Waals surface area (Å²) in [5.41, 5.74) is 0.964. The molecule has 2 aromatic carbocycles. The number of nitrogens with one attached hydrogen (secondary N) is 1. The van der Waals surface area contributed by atoms with Gasteiger partial charge in [-0.2, -0.15) is 0 Å². The fourth-order valence-electron chi connectivity index (χ4n) is 2.04. The zero-order valence-corrected chi connectivity index (χ0v) is 15.0. The van der Waals surface area contributed by atoms with Crippen molar-refractivity contribution in [2.45, 2.75) is 18.3 Å². The van der Waals surface area contributed by atoms with Crippen LogP contribution in [-0.2, 0) is 4.79 Å². The molecule has 1 amide bonds. The minimum Gasteiger partial charge on any atom is -0.388 e. The summed E-state index contributed by atoms with van der Waals surface area (Å²) in [6, 6.07) is 13.1. The molecule has 2 atom stereocenters. The predicted octanol–water partition coefficient (Wildman–Crippen LogP) is 4.04. The molecule has 2 N–H and O–H groups in total. The van der Waals surface area contributed by atoms with Crippen molar-refractivity contribution >= 4 is 40.6 Å². The first kappa shape index (κ1) is 19.2. The quantitative estimate of drug-likeness (QED) is 0.558. The number of carbonyl (C=O) groups excluding carboxylic acids is 1. The van der Waals surface area contributed by atoms with Gasteiger partial charge in [0.1, 0.15) is 0 Å². The van der Waals surface area contributed by atoms with E-state index in [2.05, 4.69) is 5.32 Å². The molecule has 0 aliphatic heterocycles. The second kappa shape index (κ2) is 8.84. The second-order valence-electron chi connectivity index (χ2n) is 5.31. The molecule has 25 heavy (non-hydrogen) atoms. The molecule has 0 aromatic heterocycles. The molecule has 8 heteroatoms. The number of hydrogen-bond acceptors (Lipinski definition) is 5. The third-order valence-corrected chi connectivity index (χ3v) is 5.01. The van der Waals surface area contributed by atoms with Gasteiger partial charge >= 0.3 is 0 Å². The van der Waals surface area contributed by atoms with Crippen molar-refractivity contribution in [2.75, 3.05) is 11.1 Å². The summed E-state index contributed by atoms with van der Waals surface area (Å²) >= 11 is 7.27. The number of thioether (sulfide) groups is 1. The normalized spacial score (nSPS) is 13.1. The molecule has 0 spiro atoms. The summed E-state index contributed by atoms with van der Waals surface area (Å²) in [5.74, 6) is 0.0769. The van der Waals surface area contributed by atoms with E-state index in [4.69, 9.17) is 11.6 Å². The summed E-state index contributed by atoms with van der Waals surface area (Å²) < 4.78 is 0. The first-order valence-electron chi connectivity index (χ1n) is 7.48. The van der Waals surface area contributed by atoms with E-state index < -0.39 is 16.3 Å². The number of aliphatic hydroxyl groups is 1. The number of halogens is 1. The number of nitrogens with zero attached hydrogens (tertiary/aromatic N) is 1. The number of carbonyl (C=O) groups is 1. The van der Waals surface area contributed by atoms with Gasteiger partial charge < -0.3 is 10.4 Å². The lowest BCUT2D eigenvalue weighted by atomic mass is 10.1. The van der Waals surface area contributed by atoms with Crippen LogP contribution in [0.4, 0.5) is 11.4 Å². The Kier molecular flexibility index (Phi) is 6.81. The predicted molar refractivity (Wildman–Crippen MR) is 100 cm³/mol. The lowest BCUT2D eigenvalue weighted by Gasteiger charge is -2.15. The summed E-state index contributed by atoms with van der Waals surface area (Å²) in [4.78, 5) is 22.4. The van der Waals surface area contributed by atoms with E-state index in [-0.39, 0.29) is 16.6 Å². The number of benzene rings is 2. The molecule has 0 aliphatic rings. The van der Waals surface area contributed by atoms with E-state index in [1.807, 2.05) is 30.3 Å². The highest BCUT2D eigenvalue weighted by atomic mass is 35.5. The van der Waals surface area contributed by atoms with E-state index in [1.165, 1.54) is 30.0 Å². The van der Waals surface area contributed by atoms with E-state index in [0.717, 1.165) is 5.56 Å². The van der Waals surface area contributed by atoms with E-state index in [0.29, 0.717) is 11.4 Å². The lowest BCUT2D eigenvalue weighted by molar-refractivity contribution is -0.384. The molecule has 0 bridgehead atoms. The average molecular weight is 381 g/mol. The summed E-state index contributed by atoms with van der Waals surface area (Å²) in [7, 11) is 0. The maximum absolute atomic E-state index is 12.2. The first-order valence-corrected chi connectivity index (χ1v) is 8.90. The van der Waals surface area contributed by atoms with Gasteiger partial charge in [-0.05, 0) is 18.6 Å². The van der Waals surface area contributed by atoms with Gasteiger partial charge in [-0.3, -0.25) is 14.9 Å². The van der Waals surface area contributed by atoms with Crippen molar-refractivity contribution < 1.29 is 14.8 Å².